The lowest BCUT2D eigenvalue weighted by Crippen LogP contribution is -2.30. The zero-order valence-electron chi connectivity index (χ0n) is 13.7. The molecule has 0 fully saturated rings. The maximum Gasteiger partial charge on any atom is 0.258 e. The second-order valence-corrected chi connectivity index (χ2v) is 6.24. The third kappa shape index (κ3) is 3.15. The third-order valence-corrected chi connectivity index (χ3v) is 4.57. The van der Waals surface area contributed by atoms with Crippen LogP contribution in [-0.4, -0.2) is 39.0 Å². The van der Waals surface area contributed by atoms with Gasteiger partial charge >= 0.3 is 0 Å². The van der Waals surface area contributed by atoms with E-state index < -0.39 is 17.5 Å². The van der Waals surface area contributed by atoms with Gasteiger partial charge < -0.3 is 15.7 Å². The summed E-state index contributed by atoms with van der Waals surface area (Å²) in [5.41, 5.74) is 8.45. The molecular formula is C17H16ClFN4O2. The first-order valence-electron chi connectivity index (χ1n) is 7.54. The molecule has 0 unspecified atom stereocenters. The lowest BCUT2D eigenvalue weighted by Gasteiger charge is -2.17. The highest BCUT2D eigenvalue weighted by Crippen LogP contribution is 2.28. The van der Waals surface area contributed by atoms with Gasteiger partial charge in [-0.25, -0.2) is 14.4 Å². The molecule has 1 aliphatic rings. The van der Waals surface area contributed by atoms with Crippen LogP contribution in [0.25, 0.3) is 5.57 Å². The molecule has 1 aromatic heterocycles. The molecule has 2 aromatic rings. The number of phenols is 1. The molecule has 2 heterocycles. The maximum absolute atomic E-state index is 13.1. The Bertz CT molecular complexity index is 891. The predicted octanol–water partition coefficient (Wildman–Crippen LogP) is 2.42. The third-order valence-electron chi connectivity index (χ3n) is 4.03. The summed E-state index contributed by atoms with van der Waals surface area (Å²) < 4.78 is 13.1. The van der Waals surface area contributed by atoms with Gasteiger partial charge in [-0.15, -0.1) is 0 Å². The number of carbonyl (C=O) groups is 1. The lowest BCUT2D eigenvalue weighted by molar-refractivity contribution is 0.0796. The fraction of sp³-hybridized carbons (Fsp3) is 0.235. The fourth-order valence-corrected chi connectivity index (χ4v) is 2.79. The van der Waals surface area contributed by atoms with Crippen molar-refractivity contribution in [3.8, 4) is 5.75 Å². The molecule has 0 bridgehead atoms. The number of amides is 1. The summed E-state index contributed by atoms with van der Waals surface area (Å²) in [5.74, 6) is -1.05. The van der Waals surface area contributed by atoms with E-state index in [0.29, 0.717) is 33.5 Å². The topological polar surface area (TPSA) is 92.3 Å². The average molecular weight is 363 g/mol. The summed E-state index contributed by atoms with van der Waals surface area (Å²) in [5, 5.41) is 10.3. The number of aromatic nitrogens is 2. The first-order chi connectivity index (χ1) is 11.8. The van der Waals surface area contributed by atoms with E-state index in [2.05, 4.69) is 9.97 Å². The van der Waals surface area contributed by atoms with Crippen molar-refractivity contribution in [2.45, 2.75) is 13.8 Å². The summed E-state index contributed by atoms with van der Waals surface area (Å²) in [6, 6.07) is 3.26. The van der Waals surface area contributed by atoms with Gasteiger partial charge in [0.25, 0.3) is 5.91 Å². The van der Waals surface area contributed by atoms with Gasteiger partial charge in [0, 0.05) is 17.3 Å². The Labute approximate surface area is 148 Å². The van der Waals surface area contributed by atoms with Crippen LogP contribution in [0.5, 0.6) is 5.75 Å². The van der Waals surface area contributed by atoms with Gasteiger partial charge in [0.2, 0.25) is 0 Å². The minimum atomic E-state index is -0.616. The van der Waals surface area contributed by atoms with Gasteiger partial charge in [-0.1, -0.05) is 11.6 Å². The zero-order valence-corrected chi connectivity index (χ0v) is 14.4. The number of phenolic OH excluding ortho intramolecular Hbond substituents is 1. The van der Waals surface area contributed by atoms with Crippen molar-refractivity contribution in [2.24, 2.45) is 5.73 Å². The van der Waals surface area contributed by atoms with Crippen molar-refractivity contribution in [1.82, 2.24) is 14.9 Å². The van der Waals surface area contributed by atoms with E-state index in [1.165, 1.54) is 11.0 Å². The number of aromatic hydroxyl groups is 1. The largest absolute Gasteiger partial charge is 0.507 e. The van der Waals surface area contributed by atoms with Crippen molar-refractivity contribution in [1.29, 1.82) is 0 Å². The monoisotopic (exact) mass is 362 g/mol. The molecule has 0 radical (unpaired) electrons. The number of benzene rings is 1. The van der Waals surface area contributed by atoms with Crippen molar-refractivity contribution in [2.75, 3.05) is 13.1 Å². The van der Waals surface area contributed by atoms with Crippen LogP contribution in [0.4, 0.5) is 4.39 Å². The number of hydrogen-bond donors (Lipinski definition) is 2. The minimum Gasteiger partial charge on any atom is -0.507 e. The Hall–Kier alpha value is -2.67. The van der Waals surface area contributed by atoms with E-state index in [1.54, 1.807) is 13.8 Å². The number of nitrogens with two attached hydrogens (primary N) is 1. The first kappa shape index (κ1) is 17.2. The second-order valence-electron chi connectivity index (χ2n) is 5.86. The Morgan fingerprint density at radius 3 is 2.52 bits per heavy atom. The van der Waals surface area contributed by atoms with Crippen LogP contribution in [0.1, 0.15) is 27.6 Å². The molecule has 0 saturated carbocycles. The van der Waals surface area contributed by atoms with Crippen molar-refractivity contribution in [3.05, 3.63) is 57.5 Å². The standard InChI is InChI=1S/C17H16ClFN4O2/c1-8-15(18)9(2)22-16(21-8)12-6-23(7-13(12)20)17(25)11-4-3-10(19)5-14(11)24/h3-5,24H,6-7,20H2,1-2H3. The normalized spacial score (nSPS) is 14.3. The van der Waals surface area contributed by atoms with E-state index in [4.69, 9.17) is 17.3 Å². The molecule has 1 amide bonds. The summed E-state index contributed by atoms with van der Waals surface area (Å²) in [4.78, 5) is 22.7. The molecule has 3 rings (SSSR count). The highest BCUT2D eigenvalue weighted by atomic mass is 35.5. The maximum atomic E-state index is 13.1. The van der Waals surface area contributed by atoms with Gasteiger partial charge in [0.15, 0.2) is 5.82 Å². The molecule has 6 nitrogen and oxygen atoms in total. The minimum absolute atomic E-state index is 0.0137. The molecule has 0 spiro atoms. The molecule has 0 saturated heterocycles. The van der Waals surface area contributed by atoms with Gasteiger partial charge in [0.1, 0.15) is 11.6 Å². The first-order valence-corrected chi connectivity index (χ1v) is 7.92. The van der Waals surface area contributed by atoms with Gasteiger partial charge in [-0.3, -0.25) is 4.79 Å². The number of halogens is 2. The van der Waals surface area contributed by atoms with Crippen LogP contribution in [-0.2, 0) is 0 Å². The zero-order chi connectivity index (χ0) is 18.3. The molecule has 1 aliphatic heterocycles. The van der Waals surface area contributed by atoms with Crippen molar-refractivity contribution in [3.63, 3.8) is 0 Å². The Kier molecular flexibility index (Phi) is 4.34. The number of aryl methyl sites for hydroxylation is 2. The second kappa shape index (κ2) is 6.33. The number of rotatable bonds is 2. The van der Waals surface area contributed by atoms with E-state index in [0.717, 1.165) is 12.1 Å². The Morgan fingerprint density at radius 1 is 1.28 bits per heavy atom. The summed E-state index contributed by atoms with van der Waals surface area (Å²) in [6.07, 6.45) is 0. The summed E-state index contributed by atoms with van der Waals surface area (Å²) in [7, 11) is 0. The Morgan fingerprint density at radius 2 is 1.92 bits per heavy atom. The van der Waals surface area contributed by atoms with Gasteiger partial charge in [0.05, 0.1) is 35.1 Å². The fourth-order valence-electron chi connectivity index (χ4n) is 2.70. The molecule has 0 aliphatic carbocycles. The highest BCUT2D eigenvalue weighted by Gasteiger charge is 2.29. The van der Waals surface area contributed by atoms with Gasteiger partial charge in [-0.2, -0.15) is 0 Å². The predicted molar refractivity (Wildman–Crippen MR) is 91.6 cm³/mol. The van der Waals surface area contributed by atoms with Crippen LogP contribution in [0.15, 0.2) is 23.9 Å². The van der Waals surface area contributed by atoms with Crippen LogP contribution >= 0.6 is 11.6 Å². The molecule has 0 atom stereocenters. The van der Waals surface area contributed by atoms with E-state index in [-0.39, 0.29) is 18.7 Å². The lowest BCUT2D eigenvalue weighted by atomic mass is 10.1. The van der Waals surface area contributed by atoms with Crippen LogP contribution < -0.4 is 5.73 Å². The molecule has 1 aromatic carbocycles. The number of carbonyl (C=O) groups excluding carboxylic acids is 1. The molecule has 3 N–H and O–H groups in total. The molecule has 25 heavy (non-hydrogen) atoms. The molecule has 130 valence electrons. The van der Waals surface area contributed by atoms with Gasteiger partial charge in [-0.05, 0) is 26.0 Å². The van der Waals surface area contributed by atoms with Crippen LogP contribution in [0.3, 0.4) is 0 Å². The number of nitrogens with zero attached hydrogens (tertiary/aromatic N) is 3. The average Bonchev–Trinajstić information content (AvgIpc) is 2.93. The van der Waals surface area contributed by atoms with Crippen LogP contribution in [0, 0.1) is 19.7 Å². The molecular weight excluding hydrogens is 347 g/mol. The quantitative estimate of drug-likeness (QED) is 0.855. The van der Waals surface area contributed by atoms with E-state index in [1.807, 2.05) is 0 Å². The van der Waals surface area contributed by atoms with Crippen molar-refractivity contribution >= 4 is 23.1 Å². The smallest absolute Gasteiger partial charge is 0.258 e. The Balaban J connectivity index is 1.87. The van der Waals surface area contributed by atoms with E-state index >= 15 is 0 Å². The summed E-state index contributed by atoms with van der Waals surface area (Å²) >= 11 is 6.09. The SMILES string of the molecule is Cc1nc(C2=C(N)CN(C(=O)c3ccc(F)cc3O)C2)nc(C)c1Cl. The van der Waals surface area contributed by atoms with Crippen LogP contribution in [0.2, 0.25) is 5.02 Å². The molecule has 8 heteroatoms. The number of hydrogen-bond acceptors (Lipinski definition) is 5. The van der Waals surface area contributed by atoms with Crippen molar-refractivity contribution < 1.29 is 14.3 Å². The summed E-state index contributed by atoms with van der Waals surface area (Å²) in [6.45, 7) is 3.91. The van der Waals surface area contributed by atoms with E-state index in [9.17, 15) is 14.3 Å². The highest BCUT2D eigenvalue weighted by molar-refractivity contribution is 6.31.